The van der Waals surface area contributed by atoms with Crippen LogP contribution in [0, 0.1) is 0 Å². The number of ether oxygens (including phenoxy) is 2. The zero-order valence-electron chi connectivity index (χ0n) is 14.1. The SMILES string of the molecule is O=C(/C=C/c1ccc(O)cc1)CC(=O)/C=C/c1ccc2c(c1)OCCO2. The maximum absolute atomic E-state index is 11.9. The normalized spacial score (nSPS) is 13.2. The number of carbonyl (C=O) groups excluding carboxylic acids is 2. The van der Waals surface area contributed by atoms with Crippen molar-refractivity contribution in [2.24, 2.45) is 0 Å². The predicted molar refractivity (Wildman–Crippen MR) is 98.2 cm³/mol. The van der Waals surface area contributed by atoms with Gasteiger partial charge in [0.05, 0.1) is 6.42 Å². The molecule has 26 heavy (non-hydrogen) atoms. The molecule has 5 heteroatoms. The minimum Gasteiger partial charge on any atom is -0.508 e. The number of phenolic OH excluding ortho intramolecular Hbond substituents is 1. The van der Waals surface area contributed by atoms with Gasteiger partial charge in [0, 0.05) is 0 Å². The molecule has 5 nitrogen and oxygen atoms in total. The highest BCUT2D eigenvalue weighted by Crippen LogP contribution is 2.31. The molecule has 0 spiro atoms. The Kier molecular flexibility index (Phi) is 5.49. The van der Waals surface area contributed by atoms with Gasteiger partial charge in [0.1, 0.15) is 19.0 Å². The maximum atomic E-state index is 11.9. The molecule has 0 atom stereocenters. The van der Waals surface area contributed by atoms with Gasteiger partial charge in [0.15, 0.2) is 23.1 Å². The van der Waals surface area contributed by atoms with Crippen molar-refractivity contribution in [1.82, 2.24) is 0 Å². The third kappa shape index (κ3) is 4.83. The molecule has 0 fully saturated rings. The van der Waals surface area contributed by atoms with Crippen LogP contribution in [0.3, 0.4) is 0 Å². The van der Waals surface area contributed by atoms with Crippen LogP contribution in [-0.4, -0.2) is 29.9 Å². The van der Waals surface area contributed by atoms with Gasteiger partial charge in [0.2, 0.25) is 0 Å². The molecule has 0 bridgehead atoms. The van der Waals surface area contributed by atoms with E-state index in [2.05, 4.69) is 0 Å². The Bertz CT molecular complexity index is 862. The van der Waals surface area contributed by atoms with E-state index < -0.39 is 0 Å². The number of allylic oxidation sites excluding steroid dienone is 2. The second-order valence-electron chi connectivity index (χ2n) is 5.77. The number of hydrogen-bond donors (Lipinski definition) is 1. The number of hydrogen-bond acceptors (Lipinski definition) is 5. The summed E-state index contributed by atoms with van der Waals surface area (Å²) >= 11 is 0. The van der Waals surface area contributed by atoms with Gasteiger partial charge >= 0.3 is 0 Å². The van der Waals surface area contributed by atoms with Crippen LogP contribution in [0.15, 0.2) is 54.6 Å². The van der Waals surface area contributed by atoms with Crippen molar-refractivity contribution in [2.75, 3.05) is 13.2 Å². The van der Waals surface area contributed by atoms with Gasteiger partial charge in [-0.15, -0.1) is 0 Å². The predicted octanol–water partition coefficient (Wildman–Crippen LogP) is 3.42. The van der Waals surface area contributed by atoms with Crippen LogP contribution in [0.5, 0.6) is 17.2 Å². The van der Waals surface area contributed by atoms with E-state index in [0.717, 1.165) is 11.1 Å². The van der Waals surface area contributed by atoms with Gasteiger partial charge in [-0.25, -0.2) is 0 Å². The van der Waals surface area contributed by atoms with E-state index in [-0.39, 0.29) is 23.7 Å². The first kappa shape index (κ1) is 17.5. The summed E-state index contributed by atoms with van der Waals surface area (Å²) in [5, 5.41) is 9.21. The molecule has 2 aromatic carbocycles. The summed E-state index contributed by atoms with van der Waals surface area (Å²) < 4.78 is 10.9. The van der Waals surface area contributed by atoms with Crippen molar-refractivity contribution < 1.29 is 24.2 Å². The highest BCUT2D eigenvalue weighted by Gasteiger charge is 2.11. The zero-order chi connectivity index (χ0) is 18.4. The number of carbonyl (C=O) groups is 2. The molecule has 1 heterocycles. The van der Waals surface area contributed by atoms with E-state index in [1.54, 1.807) is 36.4 Å². The van der Waals surface area contributed by atoms with E-state index >= 15 is 0 Å². The Hall–Kier alpha value is -3.34. The molecule has 3 rings (SSSR count). The molecule has 1 N–H and O–H groups in total. The fourth-order valence-corrected chi connectivity index (χ4v) is 2.42. The molecule has 0 radical (unpaired) electrons. The Balaban J connectivity index is 1.55. The van der Waals surface area contributed by atoms with Crippen molar-refractivity contribution in [1.29, 1.82) is 0 Å². The third-order valence-electron chi connectivity index (χ3n) is 3.73. The lowest BCUT2D eigenvalue weighted by Gasteiger charge is -2.18. The Morgan fingerprint density at radius 3 is 2.12 bits per heavy atom. The molecule has 0 aliphatic carbocycles. The summed E-state index contributed by atoms with van der Waals surface area (Å²) in [6, 6.07) is 11.8. The molecule has 1 aliphatic rings. The summed E-state index contributed by atoms with van der Waals surface area (Å²) in [7, 11) is 0. The maximum Gasteiger partial charge on any atom is 0.163 e. The number of rotatable bonds is 6. The molecular formula is C21H18O5. The van der Waals surface area contributed by atoms with E-state index in [4.69, 9.17) is 9.47 Å². The largest absolute Gasteiger partial charge is 0.508 e. The number of fused-ring (bicyclic) bond motifs is 1. The summed E-state index contributed by atoms with van der Waals surface area (Å²) in [6.07, 6.45) is 5.81. The average molecular weight is 350 g/mol. The van der Waals surface area contributed by atoms with Crippen LogP contribution in [0.25, 0.3) is 12.2 Å². The minimum absolute atomic E-state index is 0.160. The zero-order valence-corrected chi connectivity index (χ0v) is 14.1. The second kappa shape index (κ2) is 8.16. The van der Waals surface area contributed by atoms with Crippen molar-refractivity contribution in [2.45, 2.75) is 6.42 Å². The number of phenols is 1. The highest BCUT2D eigenvalue weighted by atomic mass is 16.6. The monoisotopic (exact) mass is 350 g/mol. The van der Waals surface area contributed by atoms with E-state index in [9.17, 15) is 14.7 Å². The first-order chi connectivity index (χ1) is 12.6. The lowest BCUT2D eigenvalue weighted by molar-refractivity contribution is -0.121. The summed E-state index contributed by atoms with van der Waals surface area (Å²) in [5.74, 6) is 0.941. The van der Waals surface area contributed by atoms with E-state index in [1.165, 1.54) is 24.3 Å². The molecule has 0 unspecified atom stereocenters. The van der Waals surface area contributed by atoms with Crippen molar-refractivity contribution in [3.63, 3.8) is 0 Å². The van der Waals surface area contributed by atoms with Crippen molar-refractivity contribution >= 4 is 23.7 Å². The standard InChI is InChI=1S/C21H18O5/c22-17-6-1-15(2-7-17)3-8-18(23)14-19(24)9-4-16-5-10-20-21(13-16)26-12-11-25-20/h1-10,13,22H,11-12,14H2/b8-3+,9-4+. The highest BCUT2D eigenvalue weighted by molar-refractivity contribution is 6.10. The molecule has 0 aromatic heterocycles. The van der Waals surface area contributed by atoms with Crippen LogP contribution >= 0.6 is 0 Å². The first-order valence-corrected chi connectivity index (χ1v) is 8.21. The van der Waals surface area contributed by atoms with Crippen LogP contribution in [0.4, 0.5) is 0 Å². The Morgan fingerprint density at radius 2 is 1.42 bits per heavy atom. The molecule has 2 aromatic rings. The third-order valence-corrected chi connectivity index (χ3v) is 3.73. The quantitative estimate of drug-likeness (QED) is 0.638. The van der Waals surface area contributed by atoms with Crippen molar-refractivity contribution in [3.05, 3.63) is 65.7 Å². The van der Waals surface area contributed by atoms with Gasteiger partial charge < -0.3 is 14.6 Å². The summed E-state index contributed by atoms with van der Waals surface area (Å²) in [6.45, 7) is 1.03. The second-order valence-corrected chi connectivity index (χ2v) is 5.77. The molecule has 132 valence electrons. The Morgan fingerprint density at radius 1 is 0.846 bits per heavy atom. The van der Waals surface area contributed by atoms with Gasteiger partial charge in [-0.1, -0.05) is 30.4 Å². The van der Waals surface area contributed by atoms with Crippen molar-refractivity contribution in [3.8, 4) is 17.2 Å². The lowest BCUT2D eigenvalue weighted by atomic mass is 10.1. The van der Waals surface area contributed by atoms with E-state index in [1.807, 2.05) is 6.07 Å². The number of ketones is 2. The number of benzene rings is 2. The van der Waals surface area contributed by atoms with Crippen LogP contribution in [0.1, 0.15) is 17.5 Å². The van der Waals surface area contributed by atoms with Crippen LogP contribution < -0.4 is 9.47 Å². The number of aromatic hydroxyl groups is 1. The lowest BCUT2D eigenvalue weighted by Crippen LogP contribution is -2.15. The summed E-state index contributed by atoms with van der Waals surface area (Å²) in [4.78, 5) is 23.8. The molecule has 0 saturated carbocycles. The topological polar surface area (TPSA) is 72.8 Å². The first-order valence-electron chi connectivity index (χ1n) is 8.21. The average Bonchev–Trinajstić information content (AvgIpc) is 2.66. The summed E-state index contributed by atoms with van der Waals surface area (Å²) in [5.41, 5.74) is 1.57. The fraction of sp³-hybridized carbons (Fsp3) is 0.143. The van der Waals surface area contributed by atoms with Crippen LogP contribution in [-0.2, 0) is 9.59 Å². The van der Waals surface area contributed by atoms with Gasteiger partial charge in [0.25, 0.3) is 0 Å². The molecule has 1 aliphatic heterocycles. The van der Waals surface area contributed by atoms with Gasteiger partial charge in [-0.3, -0.25) is 9.59 Å². The molecule has 0 saturated heterocycles. The smallest absolute Gasteiger partial charge is 0.163 e. The van der Waals surface area contributed by atoms with Gasteiger partial charge in [-0.2, -0.15) is 0 Å². The van der Waals surface area contributed by atoms with E-state index in [0.29, 0.717) is 24.7 Å². The Labute approximate surface area is 151 Å². The molecular weight excluding hydrogens is 332 g/mol. The molecule has 0 amide bonds. The van der Waals surface area contributed by atoms with Gasteiger partial charge in [-0.05, 0) is 47.5 Å². The van der Waals surface area contributed by atoms with Crippen LogP contribution in [0.2, 0.25) is 0 Å². The minimum atomic E-state index is -0.283. The fourth-order valence-electron chi connectivity index (χ4n) is 2.42.